The van der Waals surface area contributed by atoms with Gasteiger partial charge in [-0.25, -0.2) is 0 Å². The molecule has 0 rings (SSSR count). The Kier molecular flexibility index (Phi) is 20.3. The molecule has 0 spiro atoms. The van der Waals surface area contributed by atoms with Crippen molar-refractivity contribution in [2.45, 2.75) is 89.7 Å². The van der Waals surface area contributed by atoms with Crippen LogP contribution in [0.2, 0.25) is 0 Å². The number of unbranched alkanes of at least 4 members (excludes halogenated alkanes) is 1. The van der Waals surface area contributed by atoms with Gasteiger partial charge in [0.2, 0.25) is 0 Å². The lowest BCUT2D eigenvalue weighted by molar-refractivity contribution is -0.140. The van der Waals surface area contributed by atoms with Crippen molar-refractivity contribution in [3.05, 3.63) is 72.9 Å². The van der Waals surface area contributed by atoms with Crippen molar-refractivity contribution in [2.75, 3.05) is 5.75 Å². The molecule has 3 heteroatoms. The van der Waals surface area contributed by atoms with Gasteiger partial charge in [-0.2, -0.15) is 0 Å². The van der Waals surface area contributed by atoms with E-state index in [9.17, 15) is 9.90 Å². The molecule has 31 heavy (non-hydrogen) atoms. The molecule has 0 aromatic carbocycles. The molecule has 2 nitrogen and oxygen atoms in total. The van der Waals surface area contributed by atoms with Gasteiger partial charge < -0.3 is 5.11 Å². The van der Waals surface area contributed by atoms with E-state index < -0.39 is 10.7 Å². The van der Waals surface area contributed by atoms with Crippen LogP contribution in [0.15, 0.2) is 72.9 Å². The molecule has 0 amide bonds. The summed E-state index contributed by atoms with van der Waals surface area (Å²) in [6, 6.07) is 0. The van der Waals surface area contributed by atoms with Crippen LogP contribution in [0.1, 0.15) is 85.0 Å². The number of allylic oxidation sites excluding steroid dienone is 12. The standard InChI is InChI=1S/C28H44O2S/c1-4-7-8-9-10-11-12-13-14-15-16-17-18-19-20-21-22-23-24-25-26-31-28(5-2,6-3)27(29)30/h7-8,10-11,13-14,16-17,19-20,22-23H,4-6,9,12,15,18,21,24-26H2,1-3H3,(H,29,30). The molecule has 1 N–H and O–H groups in total. The first-order chi connectivity index (χ1) is 15.1. The van der Waals surface area contributed by atoms with Crippen molar-refractivity contribution in [2.24, 2.45) is 0 Å². The van der Waals surface area contributed by atoms with Crippen molar-refractivity contribution >= 4 is 17.7 Å². The van der Waals surface area contributed by atoms with E-state index in [1.54, 1.807) is 11.8 Å². The number of carbonyl (C=O) groups is 1. The molecule has 0 saturated carbocycles. The fraction of sp³-hybridized carbons (Fsp3) is 0.536. The molecule has 0 aliphatic rings. The summed E-state index contributed by atoms with van der Waals surface area (Å²) >= 11 is 1.60. The molecule has 0 radical (unpaired) electrons. The SMILES string of the molecule is CCC=CCC=CCC=CCC=CCC=CCC=CCCCSC(CC)(CC)C(=O)O. The number of hydrogen-bond donors (Lipinski definition) is 1. The zero-order chi connectivity index (χ0) is 23.0. The largest absolute Gasteiger partial charge is 0.480 e. The van der Waals surface area contributed by atoms with Gasteiger partial charge in [-0.15, -0.1) is 11.8 Å². The van der Waals surface area contributed by atoms with Crippen molar-refractivity contribution < 1.29 is 9.90 Å². The molecule has 0 atom stereocenters. The lowest BCUT2D eigenvalue weighted by Gasteiger charge is -2.25. The first kappa shape index (κ1) is 29.3. The molecule has 0 aliphatic heterocycles. The van der Waals surface area contributed by atoms with Crippen molar-refractivity contribution in [1.29, 1.82) is 0 Å². The fourth-order valence-electron chi connectivity index (χ4n) is 2.93. The Hall–Kier alpha value is -1.74. The van der Waals surface area contributed by atoms with E-state index in [-0.39, 0.29) is 0 Å². The molecule has 0 heterocycles. The summed E-state index contributed by atoms with van der Waals surface area (Å²) in [6.07, 6.45) is 36.0. The minimum atomic E-state index is -0.670. The van der Waals surface area contributed by atoms with Gasteiger partial charge in [0, 0.05) is 0 Å². The number of rotatable bonds is 19. The smallest absolute Gasteiger partial charge is 0.319 e. The Morgan fingerprint density at radius 2 is 1.06 bits per heavy atom. The summed E-state index contributed by atoms with van der Waals surface area (Å²) in [5.41, 5.74) is 0. The predicted octanol–water partition coefficient (Wildman–Crippen LogP) is 8.84. The van der Waals surface area contributed by atoms with E-state index in [4.69, 9.17) is 0 Å². The van der Waals surface area contributed by atoms with Crippen LogP contribution >= 0.6 is 11.8 Å². The summed E-state index contributed by atoms with van der Waals surface area (Å²) in [7, 11) is 0. The summed E-state index contributed by atoms with van der Waals surface area (Å²) in [4.78, 5) is 11.5. The zero-order valence-corrected chi connectivity index (χ0v) is 20.8. The van der Waals surface area contributed by atoms with Gasteiger partial charge in [0.1, 0.15) is 4.75 Å². The molecule has 174 valence electrons. The molecule has 0 aromatic rings. The van der Waals surface area contributed by atoms with Gasteiger partial charge in [0.25, 0.3) is 0 Å². The van der Waals surface area contributed by atoms with Crippen LogP contribution in [-0.2, 0) is 4.79 Å². The van der Waals surface area contributed by atoms with Gasteiger partial charge in [-0.3, -0.25) is 4.79 Å². The highest BCUT2D eigenvalue weighted by atomic mass is 32.2. The Morgan fingerprint density at radius 3 is 1.42 bits per heavy atom. The second kappa shape index (κ2) is 21.5. The maximum absolute atomic E-state index is 11.5. The van der Waals surface area contributed by atoms with Crippen LogP contribution in [-0.4, -0.2) is 21.6 Å². The minimum Gasteiger partial charge on any atom is -0.480 e. The molecule has 0 fully saturated rings. The third-order valence-corrected chi connectivity index (χ3v) is 6.82. The molecule has 0 aliphatic carbocycles. The van der Waals surface area contributed by atoms with Gasteiger partial charge in [-0.05, 0) is 70.0 Å². The van der Waals surface area contributed by atoms with E-state index in [1.165, 1.54) is 0 Å². The van der Waals surface area contributed by atoms with E-state index >= 15 is 0 Å². The average molecular weight is 445 g/mol. The fourth-order valence-corrected chi connectivity index (χ4v) is 4.16. The Labute approximate surface area is 196 Å². The summed E-state index contributed by atoms with van der Waals surface area (Å²) in [6.45, 7) is 6.09. The average Bonchev–Trinajstić information content (AvgIpc) is 2.77. The summed E-state index contributed by atoms with van der Waals surface area (Å²) in [5.74, 6) is 0.233. The van der Waals surface area contributed by atoms with E-state index in [2.05, 4.69) is 79.8 Å². The van der Waals surface area contributed by atoms with Crippen molar-refractivity contribution in [3.63, 3.8) is 0 Å². The Morgan fingerprint density at radius 1 is 0.677 bits per heavy atom. The lowest BCUT2D eigenvalue weighted by atomic mass is 10.0. The van der Waals surface area contributed by atoms with E-state index in [1.807, 2.05) is 13.8 Å². The Bertz CT molecular complexity index is 605. The van der Waals surface area contributed by atoms with Crippen LogP contribution in [0.25, 0.3) is 0 Å². The number of carboxylic acids is 1. The van der Waals surface area contributed by atoms with Crippen molar-refractivity contribution in [1.82, 2.24) is 0 Å². The molecule has 0 bridgehead atoms. The van der Waals surface area contributed by atoms with Crippen molar-refractivity contribution in [3.8, 4) is 0 Å². The summed E-state index contributed by atoms with van der Waals surface area (Å²) in [5, 5.41) is 9.43. The molecular formula is C28H44O2S. The maximum Gasteiger partial charge on any atom is 0.319 e. The summed E-state index contributed by atoms with van der Waals surface area (Å²) < 4.78 is -0.599. The Balaban J connectivity index is 3.71. The van der Waals surface area contributed by atoms with Crippen LogP contribution < -0.4 is 0 Å². The molecule has 0 aromatic heterocycles. The van der Waals surface area contributed by atoms with Crippen LogP contribution in [0.5, 0.6) is 0 Å². The quantitative estimate of drug-likeness (QED) is 0.160. The zero-order valence-electron chi connectivity index (χ0n) is 20.0. The molecule has 0 saturated heterocycles. The minimum absolute atomic E-state index is 0.599. The van der Waals surface area contributed by atoms with Crippen LogP contribution in [0.4, 0.5) is 0 Å². The second-order valence-corrected chi connectivity index (χ2v) is 8.89. The highest BCUT2D eigenvalue weighted by Gasteiger charge is 2.34. The van der Waals surface area contributed by atoms with Crippen LogP contribution in [0.3, 0.4) is 0 Å². The third kappa shape index (κ3) is 16.6. The number of aliphatic carboxylic acids is 1. The molecular weight excluding hydrogens is 400 g/mol. The third-order valence-electron chi connectivity index (χ3n) is 5.02. The van der Waals surface area contributed by atoms with Gasteiger partial charge in [0.15, 0.2) is 0 Å². The normalized spacial score (nSPS) is 13.4. The first-order valence-corrected chi connectivity index (χ1v) is 12.9. The van der Waals surface area contributed by atoms with Gasteiger partial charge >= 0.3 is 5.97 Å². The highest BCUT2D eigenvalue weighted by molar-refractivity contribution is 8.01. The second-order valence-electron chi connectivity index (χ2n) is 7.41. The first-order valence-electron chi connectivity index (χ1n) is 11.9. The number of thioether (sulfide) groups is 1. The number of carboxylic acid groups (broad SMARTS) is 1. The topological polar surface area (TPSA) is 37.3 Å². The van der Waals surface area contributed by atoms with E-state index in [0.717, 1.165) is 57.1 Å². The van der Waals surface area contributed by atoms with Crippen LogP contribution in [0, 0.1) is 0 Å². The lowest BCUT2D eigenvalue weighted by Crippen LogP contribution is -2.33. The monoisotopic (exact) mass is 444 g/mol. The maximum atomic E-state index is 11.5. The molecule has 0 unspecified atom stereocenters. The number of hydrogen-bond acceptors (Lipinski definition) is 2. The predicted molar refractivity (Wildman–Crippen MR) is 141 cm³/mol. The van der Waals surface area contributed by atoms with E-state index in [0.29, 0.717) is 12.8 Å². The van der Waals surface area contributed by atoms with Gasteiger partial charge in [0.05, 0.1) is 0 Å². The van der Waals surface area contributed by atoms with Gasteiger partial charge in [-0.1, -0.05) is 93.7 Å². The highest BCUT2D eigenvalue weighted by Crippen LogP contribution is 2.33.